The van der Waals surface area contributed by atoms with Crippen LogP contribution in [0.15, 0.2) is 0 Å². The molecule has 2 aliphatic carbocycles. The minimum atomic E-state index is -1.23. The van der Waals surface area contributed by atoms with Crippen LogP contribution in [0.3, 0.4) is 0 Å². The Balaban J connectivity index is 1.80. The van der Waals surface area contributed by atoms with Crippen molar-refractivity contribution < 1.29 is 19.8 Å². The topological polar surface area (TPSA) is 89.9 Å². The third kappa shape index (κ3) is 3.18. The number of aliphatic carboxylic acids is 1. The molecule has 0 spiro atoms. The fraction of sp³-hybridized carbons (Fsp3) is 0.846. The molecule has 2 rings (SSSR count). The summed E-state index contributed by atoms with van der Waals surface area (Å²) in [5.41, 5.74) is 0. The van der Waals surface area contributed by atoms with Gasteiger partial charge in [-0.2, -0.15) is 0 Å². The second-order valence-electron chi connectivity index (χ2n) is 5.84. The first-order valence-electron chi connectivity index (χ1n) is 6.86. The number of aliphatic hydroxyl groups is 1. The molecule has 6 heteroatoms. The molecule has 0 aromatic heterocycles. The zero-order valence-electron chi connectivity index (χ0n) is 11.2. The van der Waals surface area contributed by atoms with Gasteiger partial charge in [-0.1, -0.05) is 6.42 Å². The van der Waals surface area contributed by atoms with E-state index in [0.29, 0.717) is 12.5 Å². The largest absolute Gasteiger partial charge is 0.480 e. The third-order valence-electron chi connectivity index (χ3n) is 4.52. The van der Waals surface area contributed by atoms with Gasteiger partial charge in [0.05, 0.1) is 6.61 Å². The van der Waals surface area contributed by atoms with E-state index in [1.165, 1.54) is 30.6 Å². The van der Waals surface area contributed by atoms with Crippen molar-refractivity contribution in [2.24, 2.45) is 17.8 Å². The summed E-state index contributed by atoms with van der Waals surface area (Å²) in [5.74, 6) is 0.889. The van der Waals surface area contributed by atoms with E-state index in [1.807, 2.05) is 0 Å². The Morgan fingerprint density at radius 2 is 2.11 bits per heavy atom. The lowest BCUT2D eigenvalue weighted by molar-refractivity contribution is -0.140. The Morgan fingerprint density at radius 1 is 1.37 bits per heavy atom. The molecule has 0 aliphatic heterocycles. The Morgan fingerprint density at radius 3 is 2.58 bits per heavy atom. The van der Waals surface area contributed by atoms with Crippen LogP contribution >= 0.6 is 0 Å². The molecule has 2 saturated carbocycles. The molecule has 0 aromatic rings. The summed E-state index contributed by atoms with van der Waals surface area (Å²) in [5, 5.41) is 20.0. The summed E-state index contributed by atoms with van der Waals surface area (Å²) in [6.07, 6.45) is 5.06. The number of fused-ring (bicyclic) bond motifs is 2. The molecule has 108 valence electrons. The summed E-state index contributed by atoms with van der Waals surface area (Å²) >= 11 is 0. The van der Waals surface area contributed by atoms with Crippen LogP contribution in [0.4, 0.5) is 4.79 Å². The van der Waals surface area contributed by atoms with Crippen LogP contribution in [0.1, 0.15) is 25.7 Å². The second-order valence-corrected chi connectivity index (χ2v) is 5.84. The van der Waals surface area contributed by atoms with E-state index >= 15 is 0 Å². The maximum Gasteiger partial charge on any atom is 0.328 e. The Kier molecular flexibility index (Phi) is 4.29. The van der Waals surface area contributed by atoms with Crippen molar-refractivity contribution in [3.63, 3.8) is 0 Å². The number of hydrogen-bond donors (Lipinski definition) is 3. The monoisotopic (exact) mass is 270 g/mol. The SMILES string of the molecule is CN(CC1CC2CCC1C2)C(=O)NC(CO)C(=O)O. The van der Waals surface area contributed by atoms with Gasteiger partial charge in [0.15, 0.2) is 6.04 Å². The molecule has 3 N–H and O–H groups in total. The van der Waals surface area contributed by atoms with Crippen LogP contribution in [0.2, 0.25) is 0 Å². The number of amides is 2. The average molecular weight is 270 g/mol. The van der Waals surface area contributed by atoms with E-state index in [1.54, 1.807) is 7.05 Å². The highest BCUT2D eigenvalue weighted by Gasteiger charge is 2.40. The maximum atomic E-state index is 11.9. The Hall–Kier alpha value is -1.30. The van der Waals surface area contributed by atoms with Gasteiger partial charge < -0.3 is 20.4 Å². The fourth-order valence-corrected chi connectivity index (χ4v) is 3.48. The number of urea groups is 1. The Labute approximate surface area is 112 Å². The van der Waals surface area contributed by atoms with Gasteiger partial charge in [-0.25, -0.2) is 9.59 Å². The van der Waals surface area contributed by atoms with Crippen molar-refractivity contribution in [3.05, 3.63) is 0 Å². The molecule has 2 amide bonds. The van der Waals surface area contributed by atoms with Crippen LogP contribution in [-0.4, -0.2) is 53.4 Å². The van der Waals surface area contributed by atoms with Gasteiger partial charge in [0.25, 0.3) is 0 Å². The van der Waals surface area contributed by atoms with Gasteiger partial charge in [0, 0.05) is 13.6 Å². The number of nitrogens with zero attached hydrogens (tertiary/aromatic N) is 1. The molecule has 2 fully saturated rings. The minimum absolute atomic E-state index is 0.427. The van der Waals surface area contributed by atoms with Gasteiger partial charge in [-0.3, -0.25) is 0 Å². The first kappa shape index (κ1) is 14.1. The van der Waals surface area contributed by atoms with Crippen molar-refractivity contribution >= 4 is 12.0 Å². The lowest BCUT2D eigenvalue weighted by atomic mass is 9.88. The second kappa shape index (κ2) is 5.77. The molecule has 2 bridgehead atoms. The van der Waals surface area contributed by atoms with Gasteiger partial charge in [0.1, 0.15) is 0 Å². The van der Waals surface area contributed by atoms with E-state index in [9.17, 15) is 9.59 Å². The molecule has 4 unspecified atom stereocenters. The summed E-state index contributed by atoms with van der Waals surface area (Å²) in [6.45, 7) is 0.0772. The van der Waals surface area contributed by atoms with Gasteiger partial charge in [0.2, 0.25) is 0 Å². The highest BCUT2D eigenvalue weighted by molar-refractivity contribution is 5.82. The molecule has 0 aromatic carbocycles. The van der Waals surface area contributed by atoms with Crippen molar-refractivity contribution in [1.29, 1.82) is 0 Å². The number of carbonyl (C=O) groups is 2. The predicted octanol–water partition coefficient (Wildman–Crippen LogP) is 0.509. The average Bonchev–Trinajstić information content (AvgIpc) is 2.97. The molecule has 0 saturated heterocycles. The Bertz CT molecular complexity index is 361. The van der Waals surface area contributed by atoms with Crippen LogP contribution in [0, 0.1) is 17.8 Å². The van der Waals surface area contributed by atoms with Gasteiger partial charge in [-0.05, 0) is 37.0 Å². The molecular weight excluding hydrogens is 248 g/mol. The summed E-state index contributed by atoms with van der Waals surface area (Å²) in [7, 11) is 1.68. The number of aliphatic hydroxyl groups excluding tert-OH is 1. The van der Waals surface area contributed by atoms with Crippen molar-refractivity contribution in [3.8, 4) is 0 Å². The zero-order chi connectivity index (χ0) is 14.0. The molecule has 6 nitrogen and oxygen atoms in total. The van der Waals surface area contributed by atoms with E-state index in [0.717, 1.165) is 11.8 Å². The van der Waals surface area contributed by atoms with E-state index in [-0.39, 0.29) is 0 Å². The smallest absolute Gasteiger partial charge is 0.328 e. The number of carboxylic acids is 1. The summed E-state index contributed by atoms with van der Waals surface area (Å²) < 4.78 is 0. The van der Waals surface area contributed by atoms with Crippen molar-refractivity contribution in [2.75, 3.05) is 20.2 Å². The van der Waals surface area contributed by atoms with Crippen molar-refractivity contribution in [2.45, 2.75) is 31.7 Å². The fourth-order valence-electron chi connectivity index (χ4n) is 3.48. The van der Waals surface area contributed by atoms with Gasteiger partial charge >= 0.3 is 12.0 Å². The number of carbonyl (C=O) groups excluding carboxylic acids is 1. The quantitative estimate of drug-likeness (QED) is 0.679. The summed E-state index contributed by atoms with van der Waals surface area (Å²) in [6, 6.07) is -1.65. The molecular formula is C13H22N2O4. The first-order chi connectivity index (χ1) is 9.01. The van der Waals surface area contributed by atoms with Gasteiger partial charge in [-0.15, -0.1) is 0 Å². The summed E-state index contributed by atoms with van der Waals surface area (Å²) in [4.78, 5) is 24.1. The third-order valence-corrected chi connectivity index (χ3v) is 4.52. The standard InChI is InChI=1S/C13H22N2O4/c1-15(13(19)14-11(7-16)12(17)18)6-10-5-8-2-3-9(10)4-8/h8-11,16H,2-7H2,1H3,(H,14,19)(H,17,18). The highest BCUT2D eigenvalue weighted by atomic mass is 16.4. The van der Waals surface area contributed by atoms with E-state index < -0.39 is 24.6 Å². The van der Waals surface area contributed by atoms with Crippen LogP contribution < -0.4 is 5.32 Å². The number of hydrogen-bond acceptors (Lipinski definition) is 3. The zero-order valence-corrected chi connectivity index (χ0v) is 11.2. The minimum Gasteiger partial charge on any atom is -0.480 e. The lowest BCUT2D eigenvalue weighted by Gasteiger charge is -2.28. The van der Waals surface area contributed by atoms with E-state index in [2.05, 4.69) is 5.32 Å². The lowest BCUT2D eigenvalue weighted by Crippen LogP contribution is -2.49. The van der Waals surface area contributed by atoms with Crippen LogP contribution in [0.5, 0.6) is 0 Å². The number of nitrogens with one attached hydrogen (secondary N) is 1. The van der Waals surface area contributed by atoms with Crippen LogP contribution in [0.25, 0.3) is 0 Å². The normalized spacial score (nSPS) is 30.1. The predicted molar refractivity (Wildman–Crippen MR) is 68.6 cm³/mol. The van der Waals surface area contributed by atoms with Crippen LogP contribution in [-0.2, 0) is 4.79 Å². The maximum absolute atomic E-state index is 11.9. The molecule has 2 aliphatic rings. The first-order valence-corrected chi connectivity index (χ1v) is 6.86. The van der Waals surface area contributed by atoms with Crippen molar-refractivity contribution in [1.82, 2.24) is 10.2 Å². The molecule has 4 atom stereocenters. The molecule has 0 heterocycles. The van der Waals surface area contributed by atoms with E-state index in [4.69, 9.17) is 10.2 Å². The number of carboxylic acid groups (broad SMARTS) is 1. The molecule has 0 radical (unpaired) electrons. The number of rotatable bonds is 5. The molecule has 19 heavy (non-hydrogen) atoms. The highest BCUT2D eigenvalue weighted by Crippen LogP contribution is 2.48.